The van der Waals surface area contributed by atoms with Gasteiger partial charge in [0.15, 0.2) is 6.10 Å². The predicted octanol–water partition coefficient (Wildman–Crippen LogP) is 2.36. The van der Waals surface area contributed by atoms with Crippen molar-refractivity contribution in [1.82, 2.24) is 4.90 Å². The normalized spacial score (nSPS) is 16.0. The summed E-state index contributed by atoms with van der Waals surface area (Å²) in [5.74, 6) is 0.548. The Labute approximate surface area is 128 Å². The van der Waals surface area contributed by atoms with E-state index < -0.39 is 6.10 Å². The third-order valence-electron chi connectivity index (χ3n) is 3.28. The minimum atomic E-state index is -0.528. The summed E-state index contributed by atoms with van der Waals surface area (Å²) in [5, 5.41) is 0.427. The fourth-order valence-corrected chi connectivity index (χ4v) is 2.72. The Kier molecular flexibility index (Phi) is 4.83. The Hall–Kier alpha value is -1.33. The first-order valence-electron chi connectivity index (χ1n) is 6.54. The highest BCUT2D eigenvalue weighted by Crippen LogP contribution is 2.24. The van der Waals surface area contributed by atoms with E-state index in [0.29, 0.717) is 16.3 Å². The second-order valence-corrected chi connectivity index (χ2v) is 5.65. The summed E-state index contributed by atoms with van der Waals surface area (Å²) in [7, 11) is 0. The number of halogens is 1. The van der Waals surface area contributed by atoms with Gasteiger partial charge in [-0.1, -0.05) is 23.8 Å². The van der Waals surface area contributed by atoms with Gasteiger partial charge in [-0.05, 0) is 38.0 Å². The lowest BCUT2D eigenvalue weighted by Crippen LogP contribution is -2.38. The first-order valence-corrected chi connectivity index (χ1v) is 7.32. The van der Waals surface area contributed by atoms with Crippen molar-refractivity contribution in [3.63, 3.8) is 0 Å². The first-order chi connectivity index (χ1) is 9.49. The largest absolute Gasteiger partial charge is 0.481 e. The van der Waals surface area contributed by atoms with Gasteiger partial charge in [0.2, 0.25) is 0 Å². The van der Waals surface area contributed by atoms with Crippen molar-refractivity contribution in [2.24, 2.45) is 5.73 Å². The van der Waals surface area contributed by atoms with E-state index in [9.17, 15) is 4.79 Å². The number of carbonyl (C=O) groups is 1. The molecule has 1 aromatic carbocycles. The molecule has 1 amide bonds. The maximum atomic E-state index is 12.1. The molecule has 1 fully saturated rings. The van der Waals surface area contributed by atoms with Crippen LogP contribution in [0.25, 0.3) is 0 Å². The Bertz CT molecular complexity index is 530. The highest BCUT2D eigenvalue weighted by molar-refractivity contribution is 7.80. The van der Waals surface area contributed by atoms with Gasteiger partial charge in [0, 0.05) is 18.7 Å². The molecule has 0 bridgehead atoms. The summed E-state index contributed by atoms with van der Waals surface area (Å²) in [6, 6.07) is 5.05. The molecule has 6 heteroatoms. The number of ether oxygens (including phenoxy) is 1. The SMILES string of the molecule is CC(Oc1ccc(C(N)=S)c(Cl)c1)C(=O)N1CCCC1. The van der Waals surface area contributed by atoms with E-state index in [1.54, 1.807) is 25.1 Å². The second-order valence-electron chi connectivity index (χ2n) is 4.80. The van der Waals surface area contributed by atoms with E-state index in [1.807, 2.05) is 4.90 Å². The smallest absolute Gasteiger partial charge is 0.263 e. The number of likely N-dealkylation sites (tertiary alicyclic amines) is 1. The summed E-state index contributed by atoms with van der Waals surface area (Å²) in [4.78, 5) is 14.2. The molecule has 1 aromatic rings. The number of nitrogens with zero attached hydrogens (tertiary/aromatic N) is 1. The van der Waals surface area contributed by atoms with Gasteiger partial charge in [-0.25, -0.2) is 0 Å². The van der Waals surface area contributed by atoms with Crippen LogP contribution < -0.4 is 10.5 Å². The molecule has 0 saturated carbocycles. The van der Waals surface area contributed by atoms with Gasteiger partial charge in [0.05, 0.1) is 5.02 Å². The second kappa shape index (κ2) is 6.41. The Balaban J connectivity index is 2.04. The fraction of sp³-hybridized carbons (Fsp3) is 0.429. The lowest BCUT2D eigenvalue weighted by Gasteiger charge is -2.21. The van der Waals surface area contributed by atoms with Crippen LogP contribution in [0, 0.1) is 0 Å². The molecule has 20 heavy (non-hydrogen) atoms. The summed E-state index contributed by atoms with van der Waals surface area (Å²) in [5.41, 5.74) is 6.15. The number of carbonyl (C=O) groups excluding carboxylic acids is 1. The number of benzene rings is 1. The maximum Gasteiger partial charge on any atom is 0.263 e. The van der Waals surface area contributed by atoms with Crippen LogP contribution >= 0.6 is 23.8 Å². The van der Waals surface area contributed by atoms with Crippen LogP contribution in [0.4, 0.5) is 0 Å². The highest BCUT2D eigenvalue weighted by Gasteiger charge is 2.24. The Morgan fingerprint density at radius 1 is 1.45 bits per heavy atom. The molecule has 2 N–H and O–H groups in total. The summed E-state index contributed by atoms with van der Waals surface area (Å²) < 4.78 is 5.64. The molecule has 4 nitrogen and oxygen atoms in total. The lowest BCUT2D eigenvalue weighted by molar-refractivity contribution is -0.136. The van der Waals surface area contributed by atoms with Crippen molar-refractivity contribution < 1.29 is 9.53 Å². The molecule has 1 saturated heterocycles. The number of hydrogen-bond donors (Lipinski definition) is 1. The average Bonchev–Trinajstić information content (AvgIpc) is 2.91. The van der Waals surface area contributed by atoms with Crippen LogP contribution in [0.1, 0.15) is 25.3 Å². The van der Waals surface area contributed by atoms with Crippen LogP contribution in [0.2, 0.25) is 5.02 Å². The van der Waals surface area contributed by atoms with Crippen LogP contribution in [-0.2, 0) is 4.79 Å². The molecule has 2 rings (SSSR count). The van der Waals surface area contributed by atoms with Gasteiger partial charge in [-0.3, -0.25) is 4.79 Å². The monoisotopic (exact) mass is 312 g/mol. The minimum Gasteiger partial charge on any atom is -0.481 e. The fourth-order valence-electron chi connectivity index (χ4n) is 2.22. The molecular formula is C14H17ClN2O2S. The molecular weight excluding hydrogens is 296 g/mol. The van der Waals surface area contributed by atoms with Crippen molar-refractivity contribution in [2.45, 2.75) is 25.9 Å². The van der Waals surface area contributed by atoms with Crippen molar-refractivity contribution in [3.05, 3.63) is 28.8 Å². The zero-order valence-corrected chi connectivity index (χ0v) is 12.8. The molecule has 1 heterocycles. The van der Waals surface area contributed by atoms with Crippen molar-refractivity contribution in [3.8, 4) is 5.75 Å². The third-order valence-corrected chi connectivity index (χ3v) is 3.82. The Morgan fingerprint density at radius 3 is 2.65 bits per heavy atom. The van der Waals surface area contributed by atoms with Crippen molar-refractivity contribution in [2.75, 3.05) is 13.1 Å². The van der Waals surface area contributed by atoms with Gasteiger partial charge >= 0.3 is 0 Å². The van der Waals surface area contributed by atoms with E-state index in [0.717, 1.165) is 25.9 Å². The molecule has 1 unspecified atom stereocenters. The molecule has 0 aromatic heterocycles. The summed E-state index contributed by atoms with van der Waals surface area (Å²) in [6.07, 6.45) is 1.60. The number of amides is 1. The van der Waals surface area contributed by atoms with Gasteiger partial charge in [0.1, 0.15) is 10.7 Å². The average molecular weight is 313 g/mol. The standard InChI is InChI=1S/C14H17ClN2O2S/c1-9(14(18)17-6-2-3-7-17)19-10-4-5-11(13(16)20)12(15)8-10/h4-5,8-9H,2-3,6-7H2,1H3,(H2,16,20). The van der Waals surface area contributed by atoms with E-state index in [-0.39, 0.29) is 10.9 Å². The minimum absolute atomic E-state index is 0.0112. The molecule has 108 valence electrons. The zero-order valence-electron chi connectivity index (χ0n) is 11.3. The summed E-state index contributed by atoms with van der Waals surface area (Å²) in [6.45, 7) is 3.37. The van der Waals surface area contributed by atoms with Gasteiger partial charge in [0.25, 0.3) is 5.91 Å². The molecule has 0 spiro atoms. The van der Waals surface area contributed by atoms with E-state index in [1.165, 1.54) is 0 Å². The van der Waals surface area contributed by atoms with Crippen molar-refractivity contribution >= 4 is 34.7 Å². The van der Waals surface area contributed by atoms with Gasteiger partial charge in [-0.15, -0.1) is 0 Å². The topological polar surface area (TPSA) is 55.6 Å². The van der Waals surface area contributed by atoms with E-state index in [4.69, 9.17) is 34.3 Å². The number of rotatable bonds is 4. The van der Waals surface area contributed by atoms with E-state index >= 15 is 0 Å². The zero-order chi connectivity index (χ0) is 14.7. The molecule has 1 aliphatic rings. The Morgan fingerprint density at radius 2 is 2.10 bits per heavy atom. The maximum absolute atomic E-state index is 12.1. The molecule has 0 radical (unpaired) electrons. The quantitative estimate of drug-likeness (QED) is 0.867. The number of nitrogens with two attached hydrogens (primary N) is 1. The molecule has 0 aliphatic carbocycles. The number of thiocarbonyl (C=S) groups is 1. The van der Waals surface area contributed by atoms with Crippen LogP contribution in [0.15, 0.2) is 18.2 Å². The third kappa shape index (κ3) is 3.41. The number of hydrogen-bond acceptors (Lipinski definition) is 3. The van der Waals surface area contributed by atoms with Crippen LogP contribution in [-0.4, -0.2) is 35.0 Å². The van der Waals surface area contributed by atoms with Crippen LogP contribution in [0.5, 0.6) is 5.75 Å². The lowest BCUT2D eigenvalue weighted by atomic mass is 10.2. The van der Waals surface area contributed by atoms with Crippen LogP contribution in [0.3, 0.4) is 0 Å². The van der Waals surface area contributed by atoms with Gasteiger partial charge in [-0.2, -0.15) is 0 Å². The predicted molar refractivity (Wildman–Crippen MR) is 83.2 cm³/mol. The van der Waals surface area contributed by atoms with E-state index in [2.05, 4.69) is 0 Å². The van der Waals surface area contributed by atoms with Crippen molar-refractivity contribution in [1.29, 1.82) is 0 Å². The molecule has 1 aliphatic heterocycles. The highest BCUT2D eigenvalue weighted by atomic mass is 35.5. The van der Waals surface area contributed by atoms with Gasteiger partial charge < -0.3 is 15.4 Å². The molecule has 1 atom stereocenters. The summed E-state index contributed by atoms with van der Waals surface area (Å²) >= 11 is 11.0. The first kappa shape index (κ1) is 15.1.